The minimum atomic E-state index is 0.623. The standard InChI is InChI=1S/C17H20Cl2N2O2/c1-22-15-7-6-12(10-16(15)23-2)11-20-8-9-21-17-13(18)4-3-5-14(17)19/h3-7,10,20-21H,8-9,11H2,1-2H3. The van der Waals surface area contributed by atoms with Crippen molar-refractivity contribution in [2.24, 2.45) is 0 Å². The topological polar surface area (TPSA) is 42.5 Å². The number of rotatable bonds is 8. The normalized spacial score (nSPS) is 10.4. The molecule has 0 fully saturated rings. The molecule has 0 amide bonds. The van der Waals surface area contributed by atoms with Gasteiger partial charge in [-0.3, -0.25) is 0 Å². The molecule has 0 aliphatic rings. The van der Waals surface area contributed by atoms with Crippen LogP contribution in [0.1, 0.15) is 5.56 Å². The van der Waals surface area contributed by atoms with Crippen molar-refractivity contribution in [1.29, 1.82) is 0 Å². The van der Waals surface area contributed by atoms with E-state index < -0.39 is 0 Å². The number of methoxy groups -OCH3 is 2. The lowest BCUT2D eigenvalue weighted by molar-refractivity contribution is 0.354. The van der Waals surface area contributed by atoms with Crippen LogP contribution in [0, 0.1) is 0 Å². The smallest absolute Gasteiger partial charge is 0.161 e. The maximum absolute atomic E-state index is 6.11. The van der Waals surface area contributed by atoms with Gasteiger partial charge in [-0.1, -0.05) is 35.3 Å². The molecule has 2 aromatic carbocycles. The second-order valence-corrected chi connectivity index (χ2v) is 5.70. The van der Waals surface area contributed by atoms with E-state index in [4.69, 9.17) is 32.7 Å². The van der Waals surface area contributed by atoms with Gasteiger partial charge in [-0.2, -0.15) is 0 Å². The number of ether oxygens (including phenoxy) is 2. The Labute approximate surface area is 146 Å². The number of nitrogens with one attached hydrogen (secondary N) is 2. The van der Waals surface area contributed by atoms with Gasteiger partial charge in [-0.05, 0) is 29.8 Å². The Morgan fingerprint density at radius 1 is 0.913 bits per heavy atom. The molecule has 124 valence electrons. The fourth-order valence-electron chi connectivity index (χ4n) is 2.17. The van der Waals surface area contributed by atoms with E-state index in [2.05, 4.69) is 10.6 Å². The van der Waals surface area contributed by atoms with Gasteiger partial charge in [-0.25, -0.2) is 0 Å². The van der Waals surface area contributed by atoms with Crippen LogP contribution in [-0.2, 0) is 6.54 Å². The largest absolute Gasteiger partial charge is 0.493 e. The quantitative estimate of drug-likeness (QED) is 0.696. The number of hydrogen-bond acceptors (Lipinski definition) is 4. The van der Waals surface area contributed by atoms with E-state index in [-0.39, 0.29) is 0 Å². The summed E-state index contributed by atoms with van der Waals surface area (Å²) in [5, 5.41) is 7.84. The third kappa shape index (κ3) is 4.93. The summed E-state index contributed by atoms with van der Waals surface area (Å²) in [5.41, 5.74) is 1.89. The van der Waals surface area contributed by atoms with Gasteiger partial charge in [-0.15, -0.1) is 0 Å². The van der Waals surface area contributed by atoms with Crippen molar-refractivity contribution in [2.45, 2.75) is 6.54 Å². The zero-order valence-electron chi connectivity index (χ0n) is 13.2. The first-order chi connectivity index (χ1) is 11.2. The van der Waals surface area contributed by atoms with Crippen LogP contribution in [0.15, 0.2) is 36.4 Å². The summed E-state index contributed by atoms with van der Waals surface area (Å²) in [6.07, 6.45) is 0. The lowest BCUT2D eigenvalue weighted by Gasteiger charge is -2.12. The zero-order valence-corrected chi connectivity index (χ0v) is 14.7. The number of para-hydroxylation sites is 1. The van der Waals surface area contributed by atoms with Gasteiger partial charge < -0.3 is 20.1 Å². The van der Waals surface area contributed by atoms with Crippen LogP contribution in [0.5, 0.6) is 11.5 Å². The van der Waals surface area contributed by atoms with Crippen LogP contribution >= 0.6 is 23.2 Å². The molecule has 2 aromatic rings. The summed E-state index contributed by atoms with van der Waals surface area (Å²) in [7, 11) is 3.26. The predicted octanol–water partition coefficient (Wildman–Crippen LogP) is 4.21. The minimum absolute atomic E-state index is 0.623. The molecule has 0 aromatic heterocycles. The van der Waals surface area contributed by atoms with E-state index in [1.807, 2.05) is 36.4 Å². The van der Waals surface area contributed by atoms with E-state index >= 15 is 0 Å². The number of anilines is 1. The van der Waals surface area contributed by atoms with Crippen molar-refractivity contribution in [1.82, 2.24) is 5.32 Å². The highest BCUT2D eigenvalue weighted by molar-refractivity contribution is 6.39. The van der Waals surface area contributed by atoms with Gasteiger partial charge in [0.15, 0.2) is 11.5 Å². The van der Waals surface area contributed by atoms with Gasteiger partial charge in [0.25, 0.3) is 0 Å². The highest BCUT2D eigenvalue weighted by atomic mass is 35.5. The maximum Gasteiger partial charge on any atom is 0.161 e. The maximum atomic E-state index is 6.11. The molecule has 0 aliphatic carbocycles. The Kier molecular flexibility index (Phi) is 6.84. The van der Waals surface area contributed by atoms with Crippen molar-refractivity contribution in [3.63, 3.8) is 0 Å². The molecule has 2 N–H and O–H groups in total. The van der Waals surface area contributed by atoms with E-state index in [9.17, 15) is 0 Å². The van der Waals surface area contributed by atoms with Crippen LogP contribution in [0.25, 0.3) is 0 Å². The Morgan fingerprint density at radius 2 is 1.61 bits per heavy atom. The van der Waals surface area contributed by atoms with E-state index in [0.29, 0.717) is 10.0 Å². The molecule has 0 bridgehead atoms. The first-order valence-electron chi connectivity index (χ1n) is 7.25. The van der Waals surface area contributed by atoms with Crippen molar-refractivity contribution < 1.29 is 9.47 Å². The molecular weight excluding hydrogens is 335 g/mol. The molecule has 0 spiro atoms. The number of benzene rings is 2. The van der Waals surface area contributed by atoms with Gasteiger partial charge in [0.2, 0.25) is 0 Å². The molecule has 0 radical (unpaired) electrons. The monoisotopic (exact) mass is 354 g/mol. The molecule has 0 saturated heterocycles. The van der Waals surface area contributed by atoms with Crippen LogP contribution in [0.2, 0.25) is 10.0 Å². The fraction of sp³-hybridized carbons (Fsp3) is 0.294. The molecule has 0 atom stereocenters. The Morgan fingerprint density at radius 3 is 2.26 bits per heavy atom. The number of hydrogen-bond donors (Lipinski definition) is 2. The van der Waals surface area contributed by atoms with Crippen LogP contribution in [0.4, 0.5) is 5.69 Å². The molecule has 6 heteroatoms. The van der Waals surface area contributed by atoms with Crippen molar-refractivity contribution >= 4 is 28.9 Å². The van der Waals surface area contributed by atoms with E-state index in [1.165, 1.54) is 0 Å². The van der Waals surface area contributed by atoms with Crippen LogP contribution in [-0.4, -0.2) is 27.3 Å². The van der Waals surface area contributed by atoms with E-state index in [0.717, 1.165) is 42.4 Å². The van der Waals surface area contributed by atoms with Crippen LogP contribution < -0.4 is 20.1 Å². The number of halogens is 2. The molecule has 23 heavy (non-hydrogen) atoms. The van der Waals surface area contributed by atoms with Gasteiger partial charge in [0.1, 0.15) is 0 Å². The SMILES string of the molecule is COc1ccc(CNCCNc2c(Cl)cccc2Cl)cc1OC. The van der Waals surface area contributed by atoms with E-state index in [1.54, 1.807) is 14.2 Å². The lowest BCUT2D eigenvalue weighted by Crippen LogP contribution is -2.22. The molecule has 2 rings (SSSR count). The first kappa shape index (κ1) is 17.7. The zero-order chi connectivity index (χ0) is 16.7. The molecule has 0 heterocycles. The molecule has 0 saturated carbocycles. The van der Waals surface area contributed by atoms with Crippen LogP contribution in [0.3, 0.4) is 0 Å². The van der Waals surface area contributed by atoms with Crippen molar-refractivity contribution in [2.75, 3.05) is 32.6 Å². The average Bonchev–Trinajstić information content (AvgIpc) is 2.56. The Hall–Kier alpha value is -1.62. The summed E-state index contributed by atoms with van der Waals surface area (Å²) >= 11 is 12.2. The van der Waals surface area contributed by atoms with Gasteiger partial charge >= 0.3 is 0 Å². The molecular formula is C17H20Cl2N2O2. The summed E-state index contributed by atoms with van der Waals surface area (Å²) in [5.74, 6) is 1.46. The summed E-state index contributed by atoms with van der Waals surface area (Å²) in [6.45, 7) is 2.23. The lowest BCUT2D eigenvalue weighted by atomic mass is 10.2. The Bertz CT molecular complexity index is 630. The highest BCUT2D eigenvalue weighted by Crippen LogP contribution is 2.29. The summed E-state index contributed by atoms with van der Waals surface area (Å²) in [6, 6.07) is 11.3. The van der Waals surface area contributed by atoms with Gasteiger partial charge in [0.05, 0.1) is 30.0 Å². The molecule has 0 aliphatic heterocycles. The van der Waals surface area contributed by atoms with Gasteiger partial charge in [0, 0.05) is 19.6 Å². The highest BCUT2D eigenvalue weighted by Gasteiger charge is 2.05. The van der Waals surface area contributed by atoms with Crippen molar-refractivity contribution in [3.8, 4) is 11.5 Å². The third-order valence-electron chi connectivity index (χ3n) is 3.34. The molecule has 0 unspecified atom stereocenters. The summed E-state index contributed by atoms with van der Waals surface area (Å²) < 4.78 is 10.5. The second kappa shape index (κ2) is 8.87. The average molecular weight is 355 g/mol. The minimum Gasteiger partial charge on any atom is -0.493 e. The molecule has 4 nitrogen and oxygen atoms in total. The third-order valence-corrected chi connectivity index (χ3v) is 3.97. The summed E-state index contributed by atoms with van der Waals surface area (Å²) in [4.78, 5) is 0. The fourth-order valence-corrected chi connectivity index (χ4v) is 2.70. The first-order valence-corrected chi connectivity index (χ1v) is 8.00. The predicted molar refractivity (Wildman–Crippen MR) is 96.2 cm³/mol. The Balaban J connectivity index is 1.80. The van der Waals surface area contributed by atoms with Crippen molar-refractivity contribution in [3.05, 3.63) is 52.0 Å². The second-order valence-electron chi connectivity index (χ2n) is 4.89.